The molecule has 0 fully saturated rings. The number of aliphatic carboxylic acids is 2. The molecule has 2 aromatic carbocycles. The van der Waals surface area contributed by atoms with Crippen LogP contribution < -0.4 is 28.3 Å². The summed E-state index contributed by atoms with van der Waals surface area (Å²) >= 11 is 0. The van der Waals surface area contributed by atoms with Crippen LogP contribution in [0.25, 0.3) is 0 Å². The number of primary amides is 1. The van der Waals surface area contributed by atoms with Crippen LogP contribution in [0.3, 0.4) is 0 Å². The van der Waals surface area contributed by atoms with Gasteiger partial charge in [0.1, 0.15) is 18.7 Å². The molecule has 0 aromatic heterocycles. The number of unbranched alkanes of at least 4 members (excludes halogenated alkanes) is 3. The molecule has 3 rings (SSSR count). The molecule has 2 atom stereocenters. The summed E-state index contributed by atoms with van der Waals surface area (Å²) < 4.78 is 4.57. The molecule has 0 spiro atoms. The highest BCUT2D eigenvalue weighted by molar-refractivity contribution is 6.12. The van der Waals surface area contributed by atoms with E-state index in [1.54, 1.807) is 24.3 Å². The van der Waals surface area contributed by atoms with Crippen molar-refractivity contribution in [2.24, 2.45) is 17.2 Å². The minimum Gasteiger partial charge on any atom is -0.480 e. The van der Waals surface area contributed by atoms with Gasteiger partial charge in [0.25, 0.3) is 11.8 Å². The molecule has 48 heavy (non-hydrogen) atoms. The third kappa shape index (κ3) is 18.0. The molecule has 0 saturated heterocycles. The number of rotatable bonds is 17. The van der Waals surface area contributed by atoms with Gasteiger partial charge >= 0.3 is 18.0 Å². The highest BCUT2D eigenvalue weighted by atomic mass is 16.5. The second kappa shape index (κ2) is 23.1. The summed E-state index contributed by atoms with van der Waals surface area (Å²) in [4.78, 5) is 67.6. The summed E-state index contributed by atoms with van der Waals surface area (Å²) in [6.07, 6.45) is 6.16. The van der Waals surface area contributed by atoms with E-state index in [0.29, 0.717) is 44.5 Å². The molecule has 4 amide bonds. The molecule has 0 saturated carbocycles. The number of anilines is 1. The van der Waals surface area contributed by atoms with Crippen LogP contribution in [0, 0.1) is 0 Å². The molecule has 262 valence electrons. The van der Waals surface area contributed by atoms with Crippen molar-refractivity contribution >= 4 is 41.4 Å². The van der Waals surface area contributed by atoms with Gasteiger partial charge in [-0.25, -0.2) is 9.59 Å². The number of nitrogens with two attached hydrogens (primary N) is 4. The van der Waals surface area contributed by atoms with E-state index in [1.165, 1.54) is 17.1 Å². The van der Waals surface area contributed by atoms with Crippen LogP contribution in [-0.4, -0.2) is 76.0 Å². The smallest absolute Gasteiger partial charge is 0.404 e. The van der Waals surface area contributed by atoms with E-state index in [-0.39, 0.29) is 37.2 Å². The summed E-state index contributed by atoms with van der Waals surface area (Å²) in [6, 6.07) is 14.5. The molecule has 1 aliphatic rings. The number of carboxylic acids is 2. The highest BCUT2D eigenvalue weighted by Gasteiger charge is 2.23. The summed E-state index contributed by atoms with van der Waals surface area (Å²) in [6.45, 7) is 1.12. The van der Waals surface area contributed by atoms with E-state index < -0.39 is 30.1 Å². The molecular weight excluding hydrogens is 624 g/mol. The molecule has 15 nitrogen and oxygen atoms in total. The first-order valence-corrected chi connectivity index (χ1v) is 15.4. The average molecular weight is 671 g/mol. The molecule has 2 aromatic rings. The minimum atomic E-state index is -1.07. The molecule has 0 aliphatic carbocycles. The van der Waals surface area contributed by atoms with Crippen LogP contribution >= 0.6 is 0 Å². The van der Waals surface area contributed by atoms with E-state index in [1.807, 2.05) is 30.3 Å². The molecule has 11 N–H and O–H groups in total. The lowest BCUT2D eigenvalue weighted by atomic mass is 10.1. The zero-order valence-electron chi connectivity index (χ0n) is 26.8. The van der Waals surface area contributed by atoms with Crippen LogP contribution in [0.2, 0.25) is 0 Å². The maximum atomic E-state index is 12.0. The van der Waals surface area contributed by atoms with E-state index in [4.69, 9.17) is 28.0 Å². The van der Waals surface area contributed by atoms with Crippen molar-refractivity contribution in [3.8, 4) is 0 Å². The molecule has 1 aliphatic heterocycles. The SMILES string of the molecule is NC(=O)OCc1ccc(N)cc1.NCCCCC(N)C(=O)O.O=C(CCCCCN1C(=O)C=CC1=O)NC(Cc1ccccc1)C(=O)O. The number of amides is 4. The van der Waals surface area contributed by atoms with Crippen molar-refractivity contribution in [1.82, 2.24) is 10.2 Å². The number of carbonyl (C=O) groups is 6. The highest BCUT2D eigenvalue weighted by Crippen LogP contribution is 2.09. The molecule has 15 heteroatoms. The van der Waals surface area contributed by atoms with Crippen molar-refractivity contribution in [3.05, 3.63) is 77.9 Å². The Morgan fingerprint density at radius 3 is 1.98 bits per heavy atom. The van der Waals surface area contributed by atoms with Gasteiger partial charge in [0.2, 0.25) is 5.91 Å². The maximum Gasteiger partial charge on any atom is 0.404 e. The fourth-order valence-corrected chi connectivity index (χ4v) is 4.10. The standard InChI is InChI=1S/C19H22N2O5.C8H10N2O2.C6H14N2O2/c22-16(9-5-2-6-12-21-17(23)10-11-18(21)24)20-15(19(25)26)13-14-7-3-1-4-8-14;9-7-3-1-6(2-4-7)5-12-8(10)11;7-4-2-1-3-5(8)6(9)10/h1,3-4,7-8,10-11,15H,2,5-6,9,12-13H2,(H,20,22)(H,25,26);1-4H,5,9H2,(H2,10,11);5H,1-4,7-8H2,(H,9,10). The Hall–Kier alpha value is -5.28. The second-order valence-electron chi connectivity index (χ2n) is 10.7. The third-order valence-corrected chi connectivity index (χ3v) is 6.75. The fraction of sp³-hybridized carbons (Fsp3) is 0.394. The average Bonchev–Trinajstić information content (AvgIpc) is 3.37. The summed E-state index contributed by atoms with van der Waals surface area (Å²) in [7, 11) is 0. The number of carboxylic acid groups (broad SMARTS) is 2. The summed E-state index contributed by atoms with van der Waals surface area (Å²) in [5, 5.41) is 20.1. The van der Waals surface area contributed by atoms with Gasteiger partial charge < -0.3 is 43.2 Å². The van der Waals surface area contributed by atoms with E-state index in [2.05, 4.69) is 10.1 Å². The Labute approximate surface area is 279 Å². The van der Waals surface area contributed by atoms with Crippen LogP contribution in [0.1, 0.15) is 56.1 Å². The Balaban J connectivity index is 0.000000431. The zero-order chi connectivity index (χ0) is 35.9. The first-order chi connectivity index (χ1) is 22.8. The minimum absolute atomic E-state index is 0.190. The Bertz CT molecular complexity index is 1340. The Morgan fingerprint density at radius 1 is 0.812 bits per heavy atom. The molecule has 0 bridgehead atoms. The van der Waals surface area contributed by atoms with E-state index in [0.717, 1.165) is 24.0 Å². The van der Waals surface area contributed by atoms with Gasteiger partial charge in [-0.3, -0.25) is 24.1 Å². The number of hydrogen-bond donors (Lipinski definition) is 7. The van der Waals surface area contributed by atoms with Crippen molar-refractivity contribution in [1.29, 1.82) is 0 Å². The lowest BCUT2D eigenvalue weighted by Crippen LogP contribution is -2.42. The number of hydrogen-bond acceptors (Lipinski definition) is 10. The van der Waals surface area contributed by atoms with Gasteiger partial charge in [-0.2, -0.15) is 0 Å². The molecular formula is C33H46N6O9. The second-order valence-corrected chi connectivity index (χ2v) is 10.7. The maximum absolute atomic E-state index is 12.0. The van der Waals surface area contributed by atoms with Gasteiger partial charge in [-0.1, -0.05) is 55.3 Å². The van der Waals surface area contributed by atoms with Crippen LogP contribution in [-0.2, 0) is 41.7 Å². The monoisotopic (exact) mass is 670 g/mol. The van der Waals surface area contributed by atoms with Crippen molar-refractivity contribution < 1.29 is 43.7 Å². The Kier molecular flexibility index (Phi) is 19.6. The van der Waals surface area contributed by atoms with E-state index >= 15 is 0 Å². The largest absolute Gasteiger partial charge is 0.480 e. The van der Waals surface area contributed by atoms with Crippen LogP contribution in [0.5, 0.6) is 0 Å². The first-order valence-electron chi connectivity index (χ1n) is 15.4. The van der Waals surface area contributed by atoms with Gasteiger partial charge in [-0.15, -0.1) is 0 Å². The van der Waals surface area contributed by atoms with Gasteiger partial charge in [0.15, 0.2) is 0 Å². The van der Waals surface area contributed by atoms with Crippen LogP contribution in [0.4, 0.5) is 10.5 Å². The number of nitrogens with zero attached hydrogens (tertiary/aromatic N) is 1. The Morgan fingerprint density at radius 2 is 1.44 bits per heavy atom. The lowest BCUT2D eigenvalue weighted by Gasteiger charge is -2.15. The van der Waals surface area contributed by atoms with Crippen LogP contribution in [0.15, 0.2) is 66.7 Å². The number of benzene rings is 2. The van der Waals surface area contributed by atoms with Crippen molar-refractivity contribution in [3.63, 3.8) is 0 Å². The van der Waals surface area contributed by atoms with Gasteiger partial charge in [0, 0.05) is 37.2 Å². The topological polar surface area (TPSA) is 271 Å². The normalized spacial score (nSPS) is 12.9. The molecule has 0 radical (unpaired) electrons. The lowest BCUT2D eigenvalue weighted by molar-refractivity contribution is -0.141. The van der Waals surface area contributed by atoms with Gasteiger partial charge in [-0.05, 0) is 55.5 Å². The summed E-state index contributed by atoms with van der Waals surface area (Å²) in [5.74, 6) is -2.93. The fourth-order valence-electron chi connectivity index (χ4n) is 4.10. The third-order valence-electron chi connectivity index (χ3n) is 6.75. The number of nitrogens with one attached hydrogen (secondary N) is 1. The number of nitrogen functional groups attached to an aromatic ring is 1. The molecule has 1 heterocycles. The quantitative estimate of drug-likeness (QED) is 0.0719. The van der Waals surface area contributed by atoms with Gasteiger partial charge in [0.05, 0.1) is 0 Å². The zero-order valence-corrected chi connectivity index (χ0v) is 26.8. The van der Waals surface area contributed by atoms with E-state index in [9.17, 15) is 33.9 Å². The predicted octanol–water partition coefficient (Wildman–Crippen LogP) is 1.68. The number of carbonyl (C=O) groups excluding carboxylic acids is 4. The van der Waals surface area contributed by atoms with Crippen molar-refractivity contribution in [2.45, 2.75) is 70.1 Å². The van der Waals surface area contributed by atoms with Crippen molar-refractivity contribution in [2.75, 3.05) is 18.8 Å². The number of imide groups is 1. The predicted molar refractivity (Wildman–Crippen MR) is 178 cm³/mol. The molecule has 2 unspecified atom stereocenters. The first kappa shape index (κ1) is 40.7. The number of ether oxygens (including phenoxy) is 1. The summed E-state index contributed by atoms with van der Waals surface area (Å²) in [5.41, 5.74) is 23.0.